The number of carbonyl (C=O) groups excluding carboxylic acids is 1. The summed E-state index contributed by atoms with van der Waals surface area (Å²) in [5.74, 6) is 0.337. The van der Waals surface area contributed by atoms with Crippen LogP contribution in [0.4, 0.5) is 5.95 Å². The highest BCUT2D eigenvalue weighted by Gasteiger charge is 2.42. The number of nitrogens with one attached hydrogen (secondary N) is 1. The van der Waals surface area contributed by atoms with Crippen LogP contribution < -0.4 is 9.46 Å². The van der Waals surface area contributed by atoms with E-state index in [1.54, 1.807) is 18.2 Å². The summed E-state index contributed by atoms with van der Waals surface area (Å²) < 4.78 is 39.3. The minimum Gasteiger partial charge on any atom is -0.475 e. The molecular formula is C41H47N7O4S. The first-order valence-corrected chi connectivity index (χ1v) is 20.2. The van der Waals surface area contributed by atoms with Crippen LogP contribution in [0.1, 0.15) is 98.7 Å². The minimum absolute atomic E-state index is 0.0297. The fourth-order valence-electron chi connectivity index (χ4n) is 8.72. The summed E-state index contributed by atoms with van der Waals surface area (Å²) in [7, 11) is -4.19. The second-order valence-electron chi connectivity index (χ2n) is 16.1. The Morgan fingerprint density at radius 1 is 1.00 bits per heavy atom. The highest BCUT2D eigenvalue weighted by Crippen LogP contribution is 2.42. The number of fused-ring (bicyclic) bond motifs is 8. The maximum absolute atomic E-state index is 15.1. The monoisotopic (exact) mass is 733 g/mol. The number of carbonyl (C=O) groups is 1. The van der Waals surface area contributed by atoms with Crippen molar-refractivity contribution in [1.29, 1.82) is 0 Å². The summed E-state index contributed by atoms with van der Waals surface area (Å²) in [4.78, 5) is 36.4. The van der Waals surface area contributed by atoms with Gasteiger partial charge in [-0.1, -0.05) is 58.4 Å². The van der Waals surface area contributed by atoms with Crippen LogP contribution in [0.2, 0.25) is 0 Å². The fourth-order valence-corrected chi connectivity index (χ4v) is 9.71. The van der Waals surface area contributed by atoms with Crippen LogP contribution in [0.25, 0.3) is 22.4 Å². The van der Waals surface area contributed by atoms with Gasteiger partial charge in [0.15, 0.2) is 5.65 Å². The largest absolute Gasteiger partial charge is 0.475 e. The van der Waals surface area contributed by atoms with Gasteiger partial charge in [0, 0.05) is 34.8 Å². The van der Waals surface area contributed by atoms with Crippen LogP contribution in [0.5, 0.6) is 5.88 Å². The molecule has 276 valence electrons. The van der Waals surface area contributed by atoms with Gasteiger partial charge in [0.2, 0.25) is 11.8 Å². The summed E-state index contributed by atoms with van der Waals surface area (Å²) in [5, 5.41) is 0. The van der Waals surface area contributed by atoms with E-state index < -0.39 is 16.1 Å². The van der Waals surface area contributed by atoms with E-state index in [1.165, 1.54) is 17.8 Å². The van der Waals surface area contributed by atoms with Crippen LogP contribution in [-0.2, 0) is 22.0 Å². The molecule has 0 spiro atoms. The average molecular weight is 734 g/mol. The van der Waals surface area contributed by atoms with Crippen LogP contribution in [0.15, 0.2) is 65.7 Å². The van der Waals surface area contributed by atoms with Gasteiger partial charge in [-0.2, -0.15) is 4.98 Å². The number of hydrogen-bond acceptors (Lipinski definition) is 8. The van der Waals surface area contributed by atoms with Crippen molar-refractivity contribution in [3.8, 4) is 17.1 Å². The van der Waals surface area contributed by atoms with Gasteiger partial charge < -0.3 is 14.2 Å². The number of aromatic nitrogens is 5. The number of amides is 1. The maximum atomic E-state index is 15.1. The first-order valence-electron chi connectivity index (χ1n) is 18.7. The lowest BCUT2D eigenvalue weighted by Crippen LogP contribution is -2.49. The molecule has 3 aromatic heterocycles. The summed E-state index contributed by atoms with van der Waals surface area (Å²) in [5.41, 5.74) is 7.35. The topological polar surface area (TPSA) is 132 Å². The highest BCUT2D eigenvalue weighted by molar-refractivity contribution is 7.92. The Kier molecular flexibility index (Phi) is 8.79. The quantitative estimate of drug-likeness (QED) is 0.198. The van der Waals surface area contributed by atoms with Gasteiger partial charge in [-0.25, -0.2) is 23.1 Å². The van der Waals surface area contributed by atoms with Crippen molar-refractivity contribution in [1.82, 2.24) is 29.4 Å². The molecule has 3 atom stereocenters. The molecule has 12 heteroatoms. The molecule has 0 aliphatic carbocycles. The molecular weight excluding hydrogens is 687 g/mol. The van der Waals surface area contributed by atoms with Crippen molar-refractivity contribution in [2.45, 2.75) is 103 Å². The molecule has 1 fully saturated rings. The van der Waals surface area contributed by atoms with E-state index in [4.69, 9.17) is 14.7 Å². The zero-order valence-corrected chi connectivity index (χ0v) is 32.1. The molecule has 1 amide bonds. The van der Waals surface area contributed by atoms with Crippen molar-refractivity contribution in [2.75, 3.05) is 11.3 Å². The normalized spacial score (nSPS) is 22.1. The third kappa shape index (κ3) is 6.45. The molecule has 5 aromatic rings. The smallest absolute Gasteiger partial charge is 0.264 e. The summed E-state index contributed by atoms with van der Waals surface area (Å²) >= 11 is 0. The number of benzene rings is 2. The van der Waals surface area contributed by atoms with E-state index in [2.05, 4.69) is 53.0 Å². The van der Waals surface area contributed by atoms with Crippen molar-refractivity contribution in [3.63, 3.8) is 0 Å². The predicted molar refractivity (Wildman–Crippen MR) is 204 cm³/mol. The molecule has 1 N–H and O–H groups in total. The summed E-state index contributed by atoms with van der Waals surface area (Å²) in [6, 6.07) is 15.3. The fraction of sp³-hybridized carbons (Fsp3) is 0.439. The van der Waals surface area contributed by atoms with Crippen LogP contribution in [0.3, 0.4) is 0 Å². The first kappa shape index (κ1) is 35.2. The van der Waals surface area contributed by atoms with Gasteiger partial charge in [0.05, 0.1) is 34.6 Å². The molecule has 2 aromatic carbocycles. The van der Waals surface area contributed by atoms with Crippen LogP contribution in [-0.4, -0.2) is 56.4 Å². The van der Waals surface area contributed by atoms with Gasteiger partial charge in [-0.15, -0.1) is 0 Å². The van der Waals surface area contributed by atoms with E-state index in [0.717, 1.165) is 65.8 Å². The Morgan fingerprint density at radius 3 is 2.55 bits per heavy atom. The van der Waals surface area contributed by atoms with Gasteiger partial charge in [-0.3, -0.25) is 9.78 Å². The van der Waals surface area contributed by atoms with Crippen molar-refractivity contribution in [2.24, 2.45) is 11.8 Å². The minimum atomic E-state index is -4.19. The standard InChI is InChI=1S/C41H47N7O4S/c1-24(2)18-27-12-9-15-33(32-22-42-31-20-35-41(5,6)16-17-47(35)38(31)43-32)48-34(27)23-52-36-21-30(37-25(3)10-7-11-26(37)4)44-40(45-36)46-53(50,51)29-14-8-13-28(19-29)39(48)49/h7-8,10-11,13-14,19-22,24,27,33-34H,9,12,15-18,23H2,1-6H3,(H,44,45,46). The lowest BCUT2D eigenvalue weighted by molar-refractivity contribution is 0.0354. The van der Waals surface area contributed by atoms with Gasteiger partial charge in [0.25, 0.3) is 15.9 Å². The van der Waals surface area contributed by atoms with Gasteiger partial charge in [-0.05, 0) is 86.8 Å². The molecule has 6 heterocycles. The van der Waals surface area contributed by atoms with E-state index in [1.807, 2.05) is 43.1 Å². The second-order valence-corrected chi connectivity index (χ2v) is 17.7. The van der Waals surface area contributed by atoms with Crippen molar-refractivity contribution >= 4 is 33.0 Å². The number of ether oxygens (including phenoxy) is 1. The van der Waals surface area contributed by atoms with Crippen LogP contribution in [0, 0.1) is 25.7 Å². The Bertz CT molecular complexity index is 2330. The average Bonchev–Trinajstić information content (AvgIpc) is 3.56. The molecule has 0 radical (unpaired) electrons. The van der Waals surface area contributed by atoms with Crippen LogP contribution >= 0.6 is 0 Å². The van der Waals surface area contributed by atoms with E-state index in [9.17, 15) is 8.42 Å². The third-order valence-corrected chi connectivity index (χ3v) is 12.7. The number of rotatable bonds is 4. The number of aryl methyl sites for hydroxylation is 3. The second kappa shape index (κ2) is 13.2. The highest BCUT2D eigenvalue weighted by atomic mass is 32.2. The lowest BCUT2D eigenvalue weighted by atomic mass is 9.87. The van der Waals surface area contributed by atoms with E-state index in [0.29, 0.717) is 18.0 Å². The Balaban J connectivity index is 1.30. The van der Waals surface area contributed by atoms with E-state index >= 15 is 4.79 Å². The molecule has 53 heavy (non-hydrogen) atoms. The Morgan fingerprint density at radius 2 is 1.77 bits per heavy atom. The van der Waals surface area contributed by atoms with E-state index in [-0.39, 0.29) is 52.2 Å². The van der Waals surface area contributed by atoms with Crippen molar-refractivity contribution in [3.05, 3.63) is 88.9 Å². The van der Waals surface area contributed by atoms with Gasteiger partial charge >= 0.3 is 0 Å². The van der Waals surface area contributed by atoms with Gasteiger partial charge in [0.1, 0.15) is 12.1 Å². The predicted octanol–water partition coefficient (Wildman–Crippen LogP) is 7.78. The number of sulfonamides is 1. The number of nitrogens with zero attached hydrogens (tertiary/aromatic N) is 6. The number of anilines is 1. The molecule has 0 saturated carbocycles. The molecule has 3 aliphatic rings. The van der Waals surface area contributed by atoms with Crippen molar-refractivity contribution < 1.29 is 17.9 Å². The first-order chi connectivity index (χ1) is 25.3. The Labute approximate surface area is 311 Å². The molecule has 11 nitrogen and oxygen atoms in total. The number of hydrogen-bond donors (Lipinski definition) is 1. The molecule has 4 bridgehead atoms. The maximum Gasteiger partial charge on any atom is 0.264 e. The zero-order valence-electron chi connectivity index (χ0n) is 31.3. The third-order valence-electron chi connectivity index (χ3n) is 11.4. The summed E-state index contributed by atoms with van der Waals surface area (Å²) in [6.07, 6.45) is 6.20. The lowest BCUT2D eigenvalue weighted by Gasteiger charge is -2.39. The molecule has 1 saturated heterocycles. The summed E-state index contributed by atoms with van der Waals surface area (Å²) in [6.45, 7) is 13.9. The molecule has 8 rings (SSSR count). The molecule has 3 aliphatic heterocycles. The zero-order chi connectivity index (χ0) is 37.2. The SMILES string of the molecule is Cc1cccc(C)c1-c1cc2nc(n1)NS(=O)(=O)c1cccc(c1)C(=O)N1C(c3cnc4cc5n(c4n3)CCC5(C)C)CCCC(CC(C)C)C1CO2. The molecule has 3 unspecified atom stereocenters. The Hall–Kier alpha value is -4.84.